The highest BCUT2D eigenvalue weighted by molar-refractivity contribution is 5.77. The molecule has 9 heteroatoms. The van der Waals surface area contributed by atoms with Crippen LogP contribution >= 0.6 is 0 Å². The molecule has 0 fully saturated rings. The third-order valence-corrected chi connectivity index (χ3v) is 1.15. The van der Waals surface area contributed by atoms with Crippen LogP contribution in [0.15, 0.2) is 0 Å². The van der Waals surface area contributed by atoms with Gasteiger partial charge in [-0.15, -0.1) is 0 Å². The molecule has 0 saturated carbocycles. The zero-order valence-electron chi connectivity index (χ0n) is 6.60. The minimum Gasteiger partial charge on any atom is -0.479 e. The Morgan fingerprint density at radius 1 is 0.786 bits per heavy atom. The maximum Gasteiger partial charge on any atom is 0.335 e. The van der Waals surface area contributed by atoms with E-state index in [0.717, 1.165) is 0 Å². The molecule has 0 rings (SSSR count). The largest absolute Gasteiger partial charge is 0.479 e. The van der Waals surface area contributed by atoms with Crippen LogP contribution in [-0.2, 0) is 9.59 Å². The molecule has 0 aliphatic rings. The van der Waals surface area contributed by atoms with Gasteiger partial charge in [0.1, 0.15) is 6.10 Å². The van der Waals surface area contributed by atoms with Crippen molar-refractivity contribution in [3.05, 3.63) is 9.93 Å². The first-order valence-corrected chi connectivity index (χ1v) is 3.04. The summed E-state index contributed by atoms with van der Waals surface area (Å²) in [5.41, 5.74) is 0. The number of hydrogen-bond acceptors (Lipinski definition) is 7. The van der Waals surface area contributed by atoms with Gasteiger partial charge in [-0.2, -0.15) is 0 Å². The van der Waals surface area contributed by atoms with Gasteiger partial charge in [0, 0.05) is 9.93 Å². The monoisotopic (exact) mass is 212 g/mol. The highest BCUT2D eigenvalue weighted by Gasteiger charge is 2.34. The second-order valence-corrected chi connectivity index (χ2v) is 2.06. The molecule has 82 valence electrons. The van der Waals surface area contributed by atoms with E-state index < -0.39 is 30.3 Å². The van der Waals surface area contributed by atoms with E-state index in [9.17, 15) is 9.59 Å². The fourth-order valence-corrected chi connectivity index (χ4v) is 0.465. The second kappa shape index (κ2) is 6.88. The van der Waals surface area contributed by atoms with E-state index in [1.807, 2.05) is 0 Å². The molecule has 0 aliphatic heterocycles. The van der Waals surface area contributed by atoms with Gasteiger partial charge in [0.05, 0.1) is 0 Å². The fraction of sp³-hybridized carbons (Fsp3) is 0.600. The average Bonchev–Trinajstić information content (AvgIpc) is 2.17. The van der Waals surface area contributed by atoms with E-state index in [0.29, 0.717) is 0 Å². The summed E-state index contributed by atoms with van der Waals surface area (Å²) in [5, 5.41) is 41.9. The summed E-state index contributed by atoms with van der Waals surface area (Å²) >= 11 is 0. The molecule has 0 radical (unpaired) electrons. The van der Waals surface area contributed by atoms with Crippen LogP contribution in [0.25, 0.3) is 0 Å². The Labute approximate surface area is 76.4 Å². The lowest BCUT2D eigenvalue weighted by molar-refractivity contribution is -0.167. The van der Waals surface area contributed by atoms with Crippen molar-refractivity contribution in [2.75, 3.05) is 0 Å². The number of hydrogen-bond donors (Lipinski definition) is 5. The first-order valence-electron chi connectivity index (χ1n) is 3.04. The molecule has 0 aliphatic carbocycles. The topological polar surface area (TPSA) is 169 Å². The van der Waals surface area contributed by atoms with E-state index in [2.05, 4.69) is 0 Å². The maximum absolute atomic E-state index is 9.95. The zero-order valence-corrected chi connectivity index (χ0v) is 6.60. The van der Waals surface area contributed by atoms with Crippen LogP contribution in [0.3, 0.4) is 0 Å². The molecule has 0 heterocycles. The normalized spacial score (nSPS) is 15.6. The number of aliphatic hydroxyl groups is 3. The SMILES string of the molecule is O=C(O)C(O)C(O)C(O)C(=O)O.O=O. The lowest BCUT2D eigenvalue weighted by Gasteiger charge is -2.16. The molecule has 9 nitrogen and oxygen atoms in total. The van der Waals surface area contributed by atoms with Gasteiger partial charge in [0.25, 0.3) is 0 Å². The summed E-state index contributed by atoms with van der Waals surface area (Å²) in [6, 6.07) is 0. The van der Waals surface area contributed by atoms with Gasteiger partial charge in [-0.3, -0.25) is 0 Å². The predicted octanol–water partition coefficient (Wildman–Crippen LogP) is -2.69. The van der Waals surface area contributed by atoms with Crippen LogP contribution in [-0.4, -0.2) is 55.8 Å². The van der Waals surface area contributed by atoms with Crippen molar-refractivity contribution >= 4 is 11.9 Å². The Morgan fingerprint density at radius 2 is 1.00 bits per heavy atom. The van der Waals surface area contributed by atoms with E-state index in [4.69, 9.17) is 35.5 Å². The van der Waals surface area contributed by atoms with Crippen LogP contribution in [0.1, 0.15) is 0 Å². The number of carboxylic acid groups (broad SMARTS) is 2. The van der Waals surface area contributed by atoms with Crippen LogP contribution in [0.5, 0.6) is 0 Å². The molecule has 14 heavy (non-hydrogen) atoms. The minimum atomic E-state index is -2.31. The van der Waals surface area contributed by atoms with Crippen molar-refractivity contribution in [3.63, 3.8) is 0 Å². The fourth-order valence-electron chi connectivity index (χ4n) is 0.465. The average molecular weight is 212 g/mol. The summed E-state index contributed by atoms with van der Waals surface area (Å²) < 4.78 is 0. The summed E-state index contributed by atoms with van der Waals surface area (Å²) in [6.45, 7) is 0. The van der Waals surface area contributed by atoms with Gasteiger partial charge in [0.2, 0.25) is 0 Å². The molecule has 0 amide bonds. The first-order chi connectivity index (χ1) is 6.37. The third kappa shape index (κ3) is 4.45. The van der Waals surface area contributed by atoms with Crippen molar-refractivity contribution < 1.29 is 35.1 Å². The molecular formula is C5H8O9. The van der Waals surface area contributed by atoms with E-state index >= 15 is 0 Å². The van der Waals surface area contributed by atoms with Crippen molar-refractivity contribution in [3.8, 4) is 0 Å². The van der Waals surface area contributed by atoms with Crippen molar-refractivity contribution in [2.24, 2.45) is 0 Å². The van der Waals surface area contributed by atoms with Crippen LogP contribution < -0.4 is 0 Å². The lowest BCUT2D eigenvalue weighted by Crippen LogP contribution is -2.45. The van der Waals surface area contributed by atoms with Gasteiger partial charge in [0.15, 0.2) is 12.2 Å². The highest BCUT2D eigenvalue weighted by Crippen LogP contribution is 2.00. The molecule has 0 aromatic heterocycles. The molecule has 0 bridgehead atoms. The third-order valence-electron chi connectivity index (χ3n) is 1.15. The van der Waals surface area contributed by atoms with Crippen LogP contribution in [0.4, 0.5) is 0 Å². The zero-order chi connectivity index (χ0) is 11.9. The number of aliphatic hydroxyl groups excluding tert-OH is 3. The maximum atomic E-state index is 9.95. The number of aliphatic carboxylic acids is 2. The molecule has 0 spiro atoms. The number of rotatable bonds is 4. The summed E-state index contributed by atoms with van der Waals surface area (Å²) in [6.07, 6.45) is -6.85. The molecule has 0 saturated heterocycles. The van der Waals surface area contributed by atoms with Gasteiger partial charge in [-0.05, 0) is 0 Å². The molecule has 2 atom stereocenters. The summed E-state index contributed by atoms with van der Waals surface area (Å²) in [4.78, 5) is 33.9. The molecule has 0 aromatic carbocycles. The van der Waals surface area contributed by atoms with Gasteiger partial charge in [-0.1, -0.05) is 0 Å². The van der Waals surface area contributed by atoms with Gasteiger partial charge in [-0.25, -0.2) is 9.59 Å². The molecule has 0 aromatic rings. The number of carbonyl (C=O) groups is 2. The Hall–Kier alpha value is -1.58. The first kappa shape index (κ1) is 14.9. The van der Waals surface area contributed by atoms with Gasteiger partial charge >= 0.3 is 11.9 Å². The summed E-state index contributed by atoms with van der Waals surface area (Å²) in [7, 11) is 0. The minimum absolute atomic E-state index is 1.80. The predicted molar refractivity (Wildman–Crippen MR) is 40.0 cm³/mol. The molecule has 5 N–H and O–H groups in total. The Kier molecular flexibility index (Phi) is 7.34. The lowest BCUT2D eigenvalue weighted by atomic mass is 10.1. The molecular weight excluding hydrogens is 204 g/mol. The quantitative estimate of drug-likeness (QED) is 0.332. The Bertz CT molecular complexity index is 181. The van der Waals surface area contributed by atoms with Crippen molar-refractivity contribution in [2.45, 2.75) is 18.3 Å². The second-order valence-electron chi connectivity index (χ2n) is 2.06. The van der Waals surface area contributed by atoms with E-state index in [-0.39, 0.29) is 0 Å². The van der Waals surface area contributed by atoms with Gasteiger partial charge < -0.3 is 25.5 Å². The van der Waals surface area contributed by atoms with E-state index in [1.54, 1.807) is 0 Å². The Balaban J connectivity index is 0. The molecule has 2 unspecified atom stereocenters. The Morgan fingerprint density at radius 3 is 1.14 bits per heavy atom. The van der Waals surface area contributed by atoms with E-state index in [1.165, 1.54) is 0 Å². The number of carboxylic acids is 2. The van der Waals surface area contributed by atoms with Crippen molar-refractivity contribution in [1.29, 1.82) is 0 Å². The van der Waals surface area contributed by atoms with Crippen molar-refractivity contribution in [1.82, 2.24) is 0 Å². The standard InChI is InChI=1S/C5H8O7.O2/c6-1(2(7)4(9)10)3(8)5(11)12;1-2/h1-3,6-8H,(H,9,10)(H,11,12);. The highest BCUT2D eigenvalue weighted by atomic mass is 16.7. The van der Waals surface area contributed by atoms with Crippen LogP contribution in [0.2, 0.25) is 0 Å². The van der Waals surface area contributed by atoms with Crippen LogP contribution in [0, 0.1) is 9.93 Å². The summed E-state index contributed by atoms with van der Waals surface area (Å²) in [5.74, 6) is -3.61. The smallest absolute Gasteiger partial charge is 0.335 e.